The number of benzene rings is 1. The molecule has 1 N–H and O–H groups in total. The number of esters is 1. The van der Waals surface area contributed by atoms with Gasteiger partial charge in [-0.1, -0.05) is 51.1 Å². The van der Waals surface area contributed by atoms with Gasteiger partial charge in [0.25, 0.3) is 0 Å². The fourth-order valence-electron chi connectivity index (χ4n) is 3.48. The van der Waals surface area contributed by atoms with Crippen LogP contribution in [0, 0.1) is 11.3 Å². The number of carbonyl (C=O) groups is 1. The average molecular weight is 304 g/mol. The Balaban J connectivity index is 2.03. The minimum atomic E-state index is -1.09. The molecule has 0 radical (unpaired) electrons. The van der Waals surface area contributed by atoms with Crippen LogP contribution in [0.1, 0.15) is 45.6 Å². The molecule has 2 aliphatic rings. The van der Waals surface area contributed by atoms with Crippen LogP contribution >= 0.6 is 0 Å². The zero-order chi connectivity index (χ0) is 16.0. The van der Waals surface area contributed by atoms with E-state index >= 15 is 0 Å². The number of cyclic esters (lactones) is 1. The van der Waals surface area contributed by atoms with Crippen LogP contribution in [0.25, 0.3) is 0 Å². The lowest BCUT2D eigenvalue weighted by molar-refractivity contribution is -0.162. The topological polar surface area (TPSA) is 55.8 Å². The van der Waals surface area contributed by atoms with E-state index in [0.29, 0.717) is 12.8 Å². The van der Waals surface area contributed by atoms with Gasteiger partial charge in [0, 0.05) is 11.3 Å². The highest BCUT2D eigenvalue weighted by Gasteiger charge is 2.59. The summed E-state index contributed by atoms with van der Waals surface area (Å²) in [5.74, 6) is -0.373. The number of aliphatic hydroxyl groups is 1. The van der Waals surface area contributed by atoms with Crippen molar-refractivity contribution in [3.63, 3.8) is 0 Å². The van der Waals surface area contributed by atoms with Crippen LogP contribution in [-0.2, 0) is 19.9 Å². The standard InChI is InChI=1S/C18H24O4/c1-17(2,3)16-21-15(20)18(22-16,12-7-5-4-6-8-12)13-9-10-14(19)11-13/h4-8,13-14,16,19H,9-11H2,1-3H3/t13-,14?,16-,18-/m0/s1. The lowest BCUT2D eigenvalue weighted by Crippen LogP contribution is -2.41. The third-order valence-electron chi connectivity index (χ3n) is 4.70. The number of hydrogen-bond acceptors (Lipinski definition) is 4. The molecule has 0 bridgehead atoms. The predicted molar refractivity (Wildman–Crippen MR) is 81.9 cm³/mol. The van der Waals surface area contributed by atoms with Crippen LogP contribution in [0.15, 0.2) is 30.3 Å². The molecule has 1 aromatic carbocycles. The Morgan fingerprint density at radius 3 is 2.36 bits per heavy atom. The summed E-state index contributed by atoms with van der Waals surface area (Å²) in [7, 11) is 0. The van der Waals surface area contributed by atoms with Crippen LogP contribution < -0.4 is 0 Å². The Morgan fingerprint density at radius 2 is 1.86 bits per heavy atom. The molecule has 1 aliphatic heterocycles. The summed E-state index contributed by atoms with van der Waals surface area (Å²) in [5, 5.41) is 9.93. The van der Waals surface area contributed by atoms with Crippen LogP contribution in [0.4, 0.5) is 0 Å². The van der Waals surface area contributed by atoms with Crippen LogP contribution in [0.5, 0.6) is 0 Å². The molecule has 3 rings (SSSR count). The van der Waals surface area contributed by atoms with E-state index in [0.717, 1.165) is 12.0 Å². The highest BCUT2D eigenvalue weighted by Crippen LogP contribution is 2.50. The number of ether oxygens (including phenoxy) is 2. The molecular formula is C18H24O4. The van der Waals surface area contributed by atoms with Crippen LogP contribution in [0.2, 0.25) is 0 Å². The van der Waals surface area contributed by atoms with Crippen molar-refractivity contribution in [2.75, 3.05) is 0 Å². The lowest BCUT2D eigenvalue weighted by Gasteiger charge is -2.33. The molecular weight excluding hydrogens is 280 g/mol. The number of rotatable bonds is 2. The van der Waals surface area contributed by atoms with Crippen molar-refractivity contribution in [2.24, 2.45) is 11.3 Å². The van der Waals surface area contributed by atoms with Crippen LogP contribution in [0.3, 0.4) is 0 Å². The predicted octanol–water partition coefficient (Wildman–Crippen LogP) is 2.99. The van der Waals surface area contributed by atoms with Gasteiger partial charge in [0.1, 0.15) is 0 Å². The molecule has 120 valence electrons. The van der Waals surface area contributed by atoms with Gasteiger partial charge in [0.2, 0.25) is 6.29 Å². The Morgan fingerprint density at radius 1 is 1.18 bits per heavy atom. The van der Waals surface area contributed by atoms with E-state index in [9.17, 15) is 9.90 Å². The van der Waals surface area contributed by atoms with Gasteiger partial charge in [-0.05, 0) is 24.8 Å². The first kappa shape index (κ1) is 15.5. The van der Waals surface area contributed by atoms with Crippen molar-refractivity contribution < 1.29 is 19.4 Å². The minimum absolute atomic E-state index is 0.0512. The van der Waals surface area contributed by atoms with Gasteiger partial charge in [-0.3, -0.25) is 0 Å². The molecule has 4 nitrogen and oxygen atoms in total. The summed E-state index contributed by atoms with van der Waals surface area (Å²) in [4.78, 5) is 12.8. The van der Waals surface area contributed by atoms with Gasteiger partial charge in [0.15, 0.2) is 5.60 Å². The van der Waals surface area contributed by atoms with E-state index in [2.05, 4.69) is 0 Å². The summed E-state index contributed by atoms with van der Waals surface area (Å²) in [6, 6.07) is 9.56. The largest absolute Gasteiger partial charge is 0.433 e. The summed E-state index contributed by atoms with van der Waals surface area (Å²) < 4.78 is 11.9. The third-order valence-corrected chi connectivity index (χ3v) is 4.70. The first-order chi connectivity index (χ1) is 10.3. The Bertz CT molecular complexity index is 548. The molecule has 1 saturated heterocycles. The Hall–Kier alpha value is -1.39. The summed E-state index contributed by atoms with van der Waals surface area (Å²) >= 11 is 0. The molecule has 0 amide bonds. The lowest BCUT2D eigenvalue weighted by atomic mass is 9.80. The minimum Gasteiger partial charge on any atom is -0.433 e. The molecule has 1 aliphatic carbocycles. The van der Waals surface area contributed by atoms with E-state index in [1.165, 1.54) is 0 Å². The molecule has 4 atom stereocenters. The number of aliphatic hydroxyl groups excluding tert-OH is 1. The zero-order valence-corrected chi connectivity index (χ0v) is 13.4. The maximum absolute atomic E-state index is 12.8. The van der Waals surface area contributed by atoms with E-state index in [4.69, 9.17) is 9.47 Å². The second-order valence-corrected chi connectivity index (χ2v) is 7.49. The Labute approximate surface area is 131 Å². The fourth-order valence-corrected chi connectivity index (χ4v) is 3.48. The molecule has 4 heteroatoms. The average Bonchev–Trinajstić information content (AvgIpc) is 3.04. The van der Waals surface area contributed by atoms with Crippen molar-refractivity contribution in [3.05, 3.63) is 35.9 Å². The van der Waals surface area contributed by atoms with E-state index < -0.39 is 11.9 Å². The number of carbonyl (C=O) groups excluding carboxylic acids is 1. The smallest absolute Gasteiger partial charge is 0.345 e. The highest BCUT2D eigenvalue weighted by molar-refractivity contribution is 5.83. The summed E-state index contributed by atoms with van der Waals surface area (Å²) in [6.07, 6.45) is 1.10. The van der Waals surface area contributed by atoms with Crippen LogP contribution in [-0.4, -0.2) is 23.5 Å². The molecule has 0 aromatic heterocycles. The van der Waals surface area contributed by atoms with Crippen molar-refractivity contribution in [3.8, 4) is 0 Å². The molecule has 1 heterocycles. The van der Waals surface area contributed by atoms with Crippen molar-refractivity contribution in [1.82, 2.24) is 0 Å². The summed E-state index contributed by atoms with van der Waals surface area (Å²) in [5.41, 5.74) is -0.550. The van der Waals surface area contributed by atoms with E-state index in [1.54, 1.807) is 0 Å². The van der Waals surface area contributed by atoms with Crippen molar-refractivity contribution >= 4 is 5.97 Å². The monoisotopic (exact) mass is 304 g/mol. The first-order valence-electron chi connectivity index (χ1n) is 7.96. The zero-order valence-electron chi connectivity index (χ0n) is 13.4. The van der Waals surface area contributed by atoms with Gasteiger partial charge >= 0.3 is 5.97 Å². The van der Waals surface area contributed by atoms with Gasteiger partial charge in [-0.25, -0.2) is 4.79 Å². The number of hydrogen-bond donors (Lipinski definition) is 1. The van der Waals surface area contributed by atoms with Gasteiger partial charge in [0.05, 0.1) is 6.10 Å². The van der Waals surface area contributed by atoms with Gasteiger partial charge in [-0.15, -0.1) is 0 Å². The first-order valence-corrected chi connectivity index (χ1v) is 7.96. The quantitative estimate of drug-likeness (QED) is 0.853. The van der Waals surface area contributed by atoms with Gasteiger partial charge in [-0.2, -0.15) is 0 Å². The maximum Gasteiger partial charge on any atom is 0.345 e. The maximum atomic E-state index is 12.8. The second-order valence-electron chi connectivity index (χ2n) is 7.49. The fraction of sp³-hybridized carbons (Fsp3) is 0.611. The Kier molecular flexibility index (Phi) is 3.77. The van der Waals surface area contributed by atoms with Gasteiger partial charge < -0.3 is 14.6 Å². The molecule has 1 aromatic rings. The second kappa shape index (κ2) is 5.36. The molecule has 22 heavy (non-hydrogen) atoms. The molecule has 0 spiro atoms. The normalized spacial score (nSPS) is 35.6. The summed E-state index contributed by atoms with van der Waals surface area (Å²) in [6.45, 7) is 5.99. The van der Waals surface area contributed by atoms with Crippen molar-refractivity contribution in [1.29, 1.82) is 0 Å². The molecule has 1 unspecified atom stereocenters. The highest BCUT2D eigenvalue weighted by atomic mass is 16.8. The SMILES string of the molecule is CC(C)(C)[C@H]1OC(=O)[C@](c2ccccc2)([C@H]2CCC(O)C2)O1. The molecule has 2 fully saturated rings. The van der Waals surface area contributed by atoms with E-state index in [-0.39, 0.29) is 23.4 Å². The third kappa shape index (κ3) is 2.44. The molecule has 1 saturated carbocycles. The van der Waals surface area contributed by atoms with E-state index in [1.807, 2.05) is 51.1 Å². The van der Waals surface area contributed by atoms with Crippen molar-refractivity contribution in [2.45, 2.75) is 58.0 Å².